The molecule has 2 aliphatic rings. The highest BCUT2D eigenvalue weighted by atomic mass is 15.0. The van der Waals surface area contributed by atoms with E-state index in [2.05, 4.69) is 27.9 Å². The Hall–Kier alpha value is -1.38. The number of pyridine rings is 1. The van der Waals surface area contributed by atoms with Crippen LogP contribution in [0.2, 0.25) is 0 Å². The third kappa shape index (κ3) is 1.64. The van der Waals surface area contributed by atoms with Gasteiger partial charge in [0.2, 0.25) is 0 Å². The molecule has 0 aliphatic heterocycles. The molecule has 2 heterocycles. The first kappa shape index (κ1) is 10.5. The van der Waals surface area contributed by atoms with Gasteiger partial charge < -0.3 is 4.98 Å². The van der Waals surface area contributed by atoms with E-state index in [0.29, 0.717) is 0 Å². The summed E-state index contributed by atoms with van der Waals surface area (Å²) in [5.74, 6) is 3.99. The Balaban J connectivity index is 1.59. The summed E-state index contributed by atoms with van der Waals surface area (Å²) in [6.45, 7) is 2.07. The quantitative estimate of drug-likeness (QED) is 0.877. The van der Waals surface area contributed by atoms with Crippen molar-refractivity contribution in [2.24, 2.45) is 17.8 Å². The summed E-state index contributed by atoms with van der Waals surface area (Å²) in [5.41, 5.74) is 3.16. The van der Waals surface area contributed by atoms with Gasteiger partial charge in [-0.25, -0.2) is 9.97 Å². The SMILES string of the molecule is Cc1cnc2nc(CC3CC4CCC3C4)[nH]c2c1. The van der Waals surface area contributed by atoms with Crippen LogP contribution in [0.1, 0.15) is 37.1 Å². The van der Waals surface area contributed by atoms with Crippen molar-refractivity contribution in [1.29, 1.82) is 0 Å². The minimum atomic E-state index is 0.866. The van der Waals surface area contributed by atoms with Crippen molar-refractivity contribution in [2.75, 3.05) is 0 Å². The third-order valence-corrected chi connectivity index (χ3v) is 4.86. The zero-order valence-corrected chi connectivity index (χ0v) is 10.8. The first-order valence-corrected chi connectivity index (χ1v) is 7.09. The molecule has 3 atom stereocenters. The van der Waals surface area contributed by atoms with Gasteiger partial charge in [0, 0.05) is 12.6 Å². The summed E-state index contributed by atoms with van der Waals surface area (Å²) in [7, 11) is 0. The lowest BCUT2D eigenvalue weighted by Crippen LogP contribution is -2.13. The molecule has 1 N–H and O–H groups in total. The van der Waals surface area contributed by atoms with Gasteiger partial charge >= 0.3 is 0 Å². The first-order valence-electron chi connectivity index (χ1n) is 7.09. The van der Waals surface area contributed by atoms with Crippen molar-refractivity contribution in [3.63, 3.8) is 0 Å². The molecule has 94 valence electrons. The van der Waals surface area contributed by atoms with Crippen LogP contribution in [-0.4, -0.2) is 15.0 Å². The number of aryl methyl sites for hydroxylation is 1. The van der Waals surface area contributed by atoms with Crippen LogP contribution in [0.3, 0.4) is 0 Å². The van der Waals surface area contributed by atoms with Crippen LogP contribution in [0.25, 0.3) is 11.2 Å². The molecular weight excluding hydrogens is 222 g/mol. The molecule has 0 saturated heterocycles. The van der Waals surface area contributed by atoms with Crippen molar-refractivity contribution >= 4 is 11.2 Å². The van der Waals surface area contributed by atoms with Crippen molar-refractivity contribution in [3.05, 3.63) is 23.7 Å². The van der Waals surface area contributed by atoms with Crippen LogP contribution in [0.15, 0.2) is 12.3 Å². The van der Waals surface area contributed by atoms with E-state index in [4.69, 9.17) is 0 Å². The molecule has 2 saturated carbocycles. The lowest BCUT2D eigenvalue weighted by molar-refractivity contribution is 0.327. The monoisotopic (exact) mass is 241 g/mol. The van der Waals surface area contributed by atoms with E-state index in [0.717, 1.165) is 41.2 Å². The molecule has 3 heteroatoms. The molecule has 2 fully saturated rings. The fraction of sp³-hybridized carbons (Fsp3) is 0.600. The summed E-state index contributed by atoms with van der Waals surface area (Å²) in [6, 6.07) is 2.14. The highest BCUT2D eigenvalue weighted by molar-refractivity contribution is 5.70. The summed E-state index contributed by atoms with van der Waals surface area (Å²) in [6.07, 6.45) is 8.84. The molecule has 3 unspecified atom stereocenters. The first-order chi connectivity index (χ1) is 8.78. The molecule has 3 nitrogen and oxygen atoms in total. The Kier molecular flexibility index (Phi) is 2.23. The van der Waals surface area contributed by atoms with E-state index >= 15 is 0 Å². The van der Waals surface area contributed by atoms with Crippen molar-refractivity contribution < 1.29 is 0 Å². The third-order valence-electron chi connectivity index (χ3n) is 4.86. The fourth-order valence-corrected chi connectivity index (χ4v) is 4.03. The maximum Gasteiger partial charge on any atom is 0.177 e. The van der Waals surface area contributed by atoms with Gasteiger partial charge in [-0.3, -0.25) is 0 Å². The molecule has 2 aromatic heterocycles. The number of hydrogen-bond acceptors (Lipinski definition) is 2. The largest absolute Gasteiger partial charge is 0.341 e. The van der Waals surface area contributed by atoms with Gasteiger partial charge in [-0.05, 0) is 55.6 Å². The van der Waals surface area contributed by atoms with Crippen LogP contribution < -0.4 is 0 Å². The lowest BCUT2D eigenvalue weighted by Gasteiger charge is -2.20. The van der Waals surface area contributed by atoms with E-state index < -0.39 is 0 Å². The summed E-state index contributed by atoms with van der Waals surface area (Å²) in [5, 5.41) is 0. The van der Waals surface area contributed by atoms with Crippen molar-refractivity contribution in [1.82, 2.24) is 15.0 Å². The van der Waals surface area contributed by atoms with Crippen molar-refractivity contribution in [2.45, 2.75) is 39.0 Å². The highest BCUT2D eigenvalue weighted by Gasteiger charge is 2.39. The second-order valence-corrected chi connectivity index (χ2v) is 6.21. The number of H-pyrrole nitrogens is 1. The lowest BCUT2D eigenvalue weighted by atomic mass is 9.86. The Morgan fingerprint density at radius 3 is 3.06 bits per heavy atom. The van der Waals surface area contributed by atoms with Gasteiger partial charge in [0.15, 0.2) is 5.65 Å². The minimum Gasteiger partial charge on any atom is -0.341 e. The van der Waals surface area contributed by atoms with Gasteiger partial charge in [0.05, 0.1) is 5.52 Å². The minimum absolute atomic E-state index is 0.866. The molecule has 0 aromatic carbocycles. The van der Waals surface area contributed by atoms with Crippen molar-refractivity contribution in [3.8, 4) is 0 Å². The molecule has 0 spiro atoms. The van der Waals surface area contributed by atoms with Crippen LogP contribution in [-0.2, 0) is 6.42 Å². The maximum absolute atomic E-state index is 4.63. The highest BCUT2D eigenvalue weighted by Crippen LogP contribution is 2.49. The Morgan fingerprint density at radius 2 is 2.28 bits per heavy atom. The number of hydrogen-bond donors (Lipinski definition) is 1. The Labute approximate surface area is 107 Å². The van der Waals surface area contributed by atoms with E-state index in [1.165, 1.54) is 31.2 Å². The van der Waals surface area contributed by atoms with Gasteiger partial charge in [-0.15, -0.1) is 0 Å². The summed E-state index contributed by atoms with van der Waals surface area (Å²) in [4.78, 5) is 12.5. The number of imidazole rings is 1. The average Bonchev–Trinajstić information content (AvgIpc) is 3.02. The number of nitrogens with zero attached hydrogens (tertiary/aromatic N) is 2. The number of aromatic nitrogens is 3. The zero-order chi connectivity index (χ0) is 12.1. The van der Waals surface area contributed by atoms with E-state index in [-0.39, 0.29) is 0 Å². The summed E-state index contributed by atoms with van der Waals surface area (Å²) < 4.78 is 0. The molecule has 2 aliphatic carbocycles. The molecule has 2 aromatic rings. The van der Waals surface area contributed by atoms with Gasteiger partial charge in [0.25, 0.3) is 0 Å². The molecule has 0 amide bonds. The Morgan fingerprint density at radius 1 is 1.33 bits per heavy atom. The van der Waals surface area contributed by atoms with Crippen LogP contribution in [0, 0.1) is 24.7 Å². The number of rotatable bonds is 2. The second-order valence-electron chi connectivity index (χ2n) is 6.21. The van der Waals surface area contributed by atoms with Gasteiger partial charge in [0.1, 0.15) is 5.82 Å². The molecule has 18 heavy (non-hydrogen) atoms. The second kappa shape index (κ2) is 3.81. The predicted octanol–water partition coefficient (Wildman–Crippen LogP) is 3.25. The van der Waals surface area contributed by atoms with E-state index in [1.807, 2.05) is 6.20 Å². The average molecular weight is 241 g/mol. The summed E-state index contributed by atoms with van der Waals surface area (Å²) >= 11 is 0. The van der Waals surface area contributed by atoms with E-state index in [9.17, 15) is 0 Å². The van der Waals surface area contributed by atoms with E-state index in [1.54, 1.807) is 0 Å². The van der Waals surface area contributed by atoms with Crippen LogP contribution in [0.5, 0.6) is 0 Å². The number of aromatic amines is 1. The fourth-order valence-electron chi connectivity index (χ4n) is 4.03. The standard InChI is InChI=1S/C15H19N3/c1-9-4-13-15(16-8-9)18-14(17-13)7-12-6-10-2-3-11(12)5-10/h4,8,10-12H,2-3,5-7H2,1H3,(H,16,17,18). The number of nitrogens with one attached hydrogen (secondary N) is 1. The molecule has 0 radical (unpaired) electrons. The normalized spacial score (nSPS) is 30.4. The van der Waals surface area contributed by atoms with Gasteiger partial charge in [-0.2, -0.15) is 0 Å². The molecule has 4 rings (SSSR count). The number of fused-ring (bicyclic) bond motifs is 3. The zero-order valence-electron chi connectivity index (χ0n) is 10.8. The predicted molar refractivity (Wildman–Crippen MR) is 71.3 cm³/mol. The molecular formula is C15H19N3. The molecule has 2 bridgehead atoms. The topological polar surface area (TPSA) is 41.6 Å². The smallest absolute Gasteiger partial charge is 0.177 e. The Bertz CT molecular complexity index is 586. The maximum atomic E-state index is 4.63. The van der Waals surface area contributed by atoms with Crippen LogP contribution >= 0.6 is 0 Å². The van der Waals surface area contributed by atoms with Crippen LogP contribution in [0.4, 0.5) is 0 Å². The van der Waals surface area contributed by atoms with Gasteiger partial charge in [-0.1, -0.05) is 6.42 Å².